The number of methoxy groups -OCH3 is 2. The van der Waals surface area contributed by atoms with Crippen LogP contribution in [0.1, 0.15) is 16.1 Å². The first-order chi connectivity index (χ1) is 12.1. The van der Waals surface area contributed by atoms with Crippen LogP contribution in [0.2, 0.25) is 0 Å². The van der Waals surface area contributed by atoms with Crippen LogP contribution in [0.15, 0.2) is 18.2 Å². The highest BCUT2D eigenvalue weighted by Gasteiger charge is 2.19. The Morgan fingerprint density at radius 1 is 1.32 bits per heavy atom. The SMILES string of the molecule is COc1ccc(CNC(=O)Nc2nc3c(s2)CN(C)CC3)cc1OC. The maximum Gasteiger partial charge on any atom is 0.321 e. The normalized spacial score (nSPS) is 13.9. The van der Waals surface area contributed by atoms with Gasteiger partial charge in [-0.3, -0.25) is 5.32 Å². The molecule has 2 N–H and O–H groups in total. The largest absolute Gasteiger partial charge is 0.493 e. The number of urea groups is 1. The van der Waals surface area contributed by atoms with Crippen molar-refractivity contribution in [2.45, 2.75) is 19.5 Å². The van der Waals surface area contributed by atoms with E-state index in [2.05, 4.69) is 27.6 Å². The van der Waals surface area contributed by atoms with Gasteiger partial charge in [0.2, 0.25) is 0 Å². The van der Waals surface area contributed by atoms with Crippen molar-refractivity contribution in [2.75, 3.05) is 33.1 Å². The molecule has 25 heavy (non-hydrogen) atoms. The lowest BCUT2D eigenvalue weighted by molar-refractivity contribution is 0.251. The van der Waals surface area contributed by atoms with Gasteiger partial charge >= 0.3 is 6.03 Å². The zero-order valence-corrected chi connectivity index (χ0v) is 15.4. The van der Waals surface area contributed by atoms with E-state index < -0.39 is 0 Å². The molecule has 0 bridgehead atoms. The van der Waals surface area contributed by atoms with Crippen LogP contribution in [0.3, 0.4) is 0 Å². The number of anilines is 1. The Morgan fingerprint density at radius 2 is 2.12 bits per heavy atom. The summed E-state index contributed by atoms with van der Waals surface area (Å²) in [7, 11) is 5.27. The van der Waals surface area contributed by atoms with Crippen molar-refractivity contribution in [3.05, 3.63) is 34.3 Å². The molecular formula is C17H22N4O3S. The predicted octanol–water partition coefficient (Wildman–Crippen LogP) is 2.47. The molecule has 0 fully saturated rings. The molecule has 0 unspecified atom stereocenters. The number of carbonyl (C=O) groups excluding carboxylic acids is 1. The van der Waals surface area contributed by atoms with E-state index in [9.17, 15) is 4.79 Å². The number of aromatic nitrogens is 1. The molecule has 1 aromatic carbocycles. The third-order valence-electron chi connectivity index (χ3n) is 4.04. The minimum atomic E-state index is -0.269. The number of ether oxygens (including phenoxy) is 2. The first-order valence-corrected chi connectivity index (χ1v) is 8.83. The summed E-state index contributed by atoms with van der Waals surface area (Å²) in [5, 5.41) is 6.30. The van der Waals surface area contributed by atoms with Gasteiger partial charge in [-0.15, -0.1) is 11.3 Å². The van der Waals surface area contributed by atoms with E-state index in [1.54, 1.807) is 14.2 Å². The fraction of sp³-hybridized carbons (Fsp3) is 0.412. The second-order valence-electron chi connectivity index (χ2n) is 5.87. The van der Waals surface area contributed by atoms with Gasteiger partial charge in [-0.25, -0.2) is 9.78 Å². The molecule has 2 amide bonds. The first kappa shape index (κ1) is 17.5. The van der Waals surface area contributed by atoms with Gasteiger partial charge in [0.25, 0.3) is 0 Å². The Morgan fingerprint density at radius 3 is 2.88 bits per heavy atom. The lowest BCUT2D eigenvalue weighted by Gasteiger charge is -2.20. The number of nitrogens with one attached hydrogen (secondary N) is 2. The number of hydrogen-bond acceptors (Lipinski definition) is 6. The van der Waals surface area contributed by atoms with Crippen molar-refractivity contribution in [1.29, 1.82) is 0 Å². The van der Waals surface area contributed by atoms with Crippen LogP contribution in [0.5, 0.6) is 11.5 Å². The number of rotatable bonds is 5. The molecule has 2 aromatic rings. The monoisotopic (exact) mass is 362 g/mol. The first-order valence-electron chi connectivity index (χ1n) is 8.02. The molecule has 2 heterocycles. The molecule has 0 spiro atoms. The Bertz CT molecular complexity index is 762. The van der Waals surface area contributed by atoms with E-state index in [1.165, 1.54) is 16.2 Å². The number of likely N-dealkylation sites (N-methyl/N-ethyl adjacent to an activating group) is 1. The van der Waals surface area contributed by atoms with Gasteiger partial charge in [-0.2, -0.15) is 0 Å². The van der Waals surface area contributed by atoms with Crippen molar-refractivity contribution in [3.8, 4) is 11.5 Å². The summed E-state index contributed by atoms with van der Waals surface area (Å²) < 4.78 is 10.5. The van der Waals surface area contributed by atoms with Crippen LogP contribution < -0.4 is 20.1 Å². The highest BCUT2D eigenvalue weighted by Crippen LogP contribution is 2.28. The molecule has 3 rings (SSSR count). The molecule has 1 aromatic heterocycles. The quantitative estimate of drug-likeness (QED) is 0.855. The average Bonchev–Trinajstić information content (AvgIpc) is 3.00. The van der Waals surface area contributed by atoms with E-state index in [4.69, 9.17) is 9.47 Å². The minimum absolute atomic E-state index is 0.269. The molecule has 0 saturated heterocycles. The van der Waals surface area contributed by atoms with Crippen LogP contribution >= 0.6 is 11.3 Å². The van der Waals surface area contributed by atoms with Gasteiger partial charge in [0.1, 0.15) is 0 Å². The number of thiazole rings is 1. The third kappa shape index (κ3) is 4.21. The minimum Gasteiger partial charge on any atom is -0.493 e. The Kier molecular flexibility index (Phi) is 5.40. The van der Waals surface area contributed by atoms with Crippen molar-refractivity contribution < 1.29 is 14.3 Å². The van der Waals surface area contributed by atoms with Gasteiger partial charge in [0, 0.05) is 30.9 Å². The van der Waals surface area contributed by atoms with Gasteiger partial charge in [0.15, 0.2) is 16.6 Å². The summed E-state index contributed by atoms with van der Waals surface area (Å²) in [4.78, 5) is 20.1. The lowest BCUT2D eigenvalue weighted by atomic mass is 10.2. The number of nitrogens with zero attached hydrogens (tertiary/aromatic N) is 2. The van der Waals surface area contributed by atoms with E-state index in [-0.39, 0.29) is 6.03 Å². The van der Waals surface area contributed by atoms with E-state index >= 15 is 0 Å². The second-order valence-corrected chi connectivity index (χ2v) is 6.96. The molecule has 7 nitrogen and oxygen atoms in total. The van der Waals surface area contributed by atoms with Crippen LogP contribution in [0.25, 0.3) is 0 Å². The van der Waals surface area contributed by atoms with Crippen LogP contribution in [0, 0.1) is 0 Å². The summed E-state index contributed by atoms with van der Waals surface area (Å²) in [6.07, 6.45) is 0.928. The second kappa shape index (κ2) is 7.71. The lowest BCUT2D eigenvalue weighted by Crippen LogP contribution is -2.28. The molecule has 0 aliphatic carbocycles. The van der Waals surface area contributed by atoms with Crippen LogP contribution in [0.4, 0.5) is 9.93 Å². The summed E-state index contributed by atoms with van der Waals surface area (Å²) in [5.41, 5.74) is 2.02. The highest BCUT2D eigenvalue weighted by atomic mass is 32.1. The molecule has 0 atom stereocenters. The van der Waals surface area contributed by atoms with Crippen LogP contribution in [-0.4, -0.2) is 43.7 Å². The maximum absolute atomic E-state index is 12.1. The van der Waals surface area contributed by atoms with E-state index in [0.29, 0.717) is 23.2 Å². The summed E-state index contributed by atoms with van der Waals surface area (Å²) >= 11 is 1.54. The molecule has 1 aliphatic rings. The standard InChI is InChI=1S/C17H22N4O3S/c1-21-7-6-12-15(10-21)25-17(19-12)20-16(22)18-9-11-4-5-13(23-2)14(8-11)24-3/h4-5,8H,6-7,9-10H2,1-3H3,(H2,18,19,20,22). The van der Waals surface area contributed by atoms with Gasteiger partial charge in [-0.1, -0.05) is 6.07 Å². The average molecular weight is 362 g/mol. The molecule has 1 aliphatic heterocycles. The topological polar surface area (TPSA) is 75.7 Å². The van der Waals surface area contributed by atoms with Crippen LogP contribution in [-0.2, 0) is 19.5 Å². The highest BCUT2D eigenvalue weighted by molar-refractivity contribution is 7.15. The molecule has 8 heteroatoms. The van der Waals surface area contributed by atoms with Gasteiger partial charge < -0.3 is 19.7 Å². The van der Waals surface area contributed by atoms with E-state index in [0.717, 1.165) is 30.8 Å². The Balaban J connectivity index is 1.56. The smallest absolute Gasteiger partial charge is 0.321 e. The number of amides is 2. The summed E-state index contributed by atoms with van der Waals surface area (Å²) in [5.74, 6) is 1.30. The van der Waals surface area contributed by atoms with Gasteiger partial charge in [0.05, 0.1) is 19.9 Å². The molecule has 134 valence electrons. The van der Waals surface area contributed by atoms with Crippen molar-refractivity contribution in [3.63, 3.8) is 0 Å². The summed E-state index contributed by atoms with van der Waals surface area (Å²) in [6.45, 7) is 2.28. The van der Waals surface area contributed by atoms with E-state index in [1.807, 2.05) is 18.2 Å². The number of benzene rings is 1. The number of carbonyl (C=O) groups is 1. The van der Waals surface area contributed by atoms with Gasteiger partial charge in [-0.05, 0) is 24.7 Å². The zero-order chi connectivity index (χ0) is 17.8. The predicted molar refractivity (Wildman–Crippen MR) is 97.6 cm³/mol. The molecule has 0 radical (unpaired) electrons. The zero-order valence-electron chi connectivity index (χ0n) is 14.6. The number of hydrogen-bond donors (Lipinski definition) is 2. The van der Waals surface area contributed by atoms with Crippen molar-refractivity contribution >= 4 is 22.5 Å². The summed E-state index contributed by atoms with van der Waals surface area (Å²) in [6, 6.07) is 5.28. The third-order valence-corrected chi connectivity index (χ3v) is 5.04. The Hall–Kier alpha value is -2.32. The Labute approximate surface area is 151 Å². The maximum atomic E-state index is 12.1. The molecular weight excluding hydrogens is 340 g/mol. The fourth-order valence-corrected chi connectivity index (χ4v) is 3.77. The van der Waals surface area contributed by atoms with Crippen molar-refractivity contribution in [2.24, 2.45) is 0 Å². The molecule has 0 saturated carbocycles. The fourth-order valence-electron chi connectivity index (χ4n) is 2.69. The van der Waals surface area contributed by atoms with Crippen molar-refractivity contribution in [1.82, 2.24) is 15.2 Å². The number of fused-ring (bicyclic) bond motifs is 1.